The van der Waals surface area contributed by atoms with Crippen LogP contribution in [0.4, 0.5) is 11.4 Å². The maximum Gasteiger partial charge on any atom is 0.267 e. The van der Waals surface area contributed by atoms with Gasteiger partial charge in [0, 0.05) is 16.3 Å². The van der Waals surface area contributed by atoms with E-state index in [0.29, 0.717) is 28.4 Å². The fourth-order valence-corrected chi connectivity index (χ4v) is 7.66. The van der Waals surface area contributed by atoms with Crippen LogP contribution in [0.3, 0.4) is 0 Å². The van der Waals surface area contributed by atoms with Crippen molar-refractivity contribution in [1.29, 1.82) is 0 Å². The van der Waals surface area contributed by atoms with Crippen molar-refractivity contribution in [3.63, 3.8) is 0 Å². The molecule has 0 spiro atoms. The predicted molar refractivity (Wildman–Crippen MR) is 140 cm³/mol. The summed E-state index contributed by atoms with van der Waals surface area (Å²) in [5.74, 6) is -1.53. The molecule has 12 heteroatoms. The fourth-order valence-electron chi connectivity index (χ4n) is 4.36. The highest BCUT2D eigenvalue weighted by atomic mass is 35.5. The molecule has 3 heterocycles. The molecular formula is C23H18ClN3O5S3. The monoisotopic (exact) mass is 547 g/mol. The van der Waals surface area contributed by atoms with E-state index in [2.05, 4.69) is 5.32 Å². The lowest BCUT2D eigenvalue weighted by Crippen LogP contribution is -2.39. The van der Waals surface area contributed by atoms with Crippen LogP contribution in [-0.4, -0.2) is 59.5 Å². The van der Waals surface area contributed by atoms with E-state index in [-0.39, 0.29) is 32.8 Å². The Morgan fingerprint density at radius 1 is 1.11 bits per heavy atom. The maximum absolute atomic E-state index is 13.5. The lowest BCUT2D eigenvalue weighted by Gasteiger charge is -2.21. The van der Waals surface area contributed by atoms with E-state index in [0.717, 1.165) is 11.8 Å². The van der Waals surface area contributed by atoms with Gasteiger partial charge in [-0.3, -0.25) is 24.2 Å². The van der Waals surface area contributed by atoms with Crippen molar-refractivity contribution in [1.82, 2.24) is 4.90 Å². The number of benzene rings is 2. The second kappa shape index (κ2) is 9.05. The molecule has 180 valence electrons. The summed E-state index contributed by atoms with van der Waals surface area (Å²) in [4.78, 5) is 42.4. The molecule has 0 radical (unpaired) electrons. The summed E-state index contributed by atoms with van der Waals surface area (Å²) in [6.45, 7) is -0.261. The third-order valence-corrected chi connectivity index (χ3v) is 9.36. The third-order valence-electron chi connectivity index (χ3n) is 5.95. The van der Waals surface area contributed by atoms with Crippen molar-refractivity contribution in [3.8, 4) is 0 Å². The Morgan fingerprint density at radius 2 is 1.83 bits per heavy atom. The fraction of sp³-hybridized carbons (Fsp3) is 0.217. The minimum atomic E-state index is -3.23. The van der Waals surface area contributed by atoms with Gasteiger partial charge in [-0.1, -0.05) is 53.8 Å². The Balaban J connectivity index is 1.44. The number of anilines is 2. The van der Waals surface area contributed by atoms with Crippen LogP contribution < -0.4 is 10.2 Å². The van der Waals surface area contributed by atoms with Crippen LogP contribution in [-0.2, 0) is 24.2 Å². The topological polar surface area (TPSA) is 104 Å². The van der Waals surface area contributed by atoms with E-state index in [4.69, 9.17) is 23.8 Å². The number of carbonyl (C=O) groups is 3. The number of para-hydroxylation sites is 1. The first-order chi connectivity index (χ1) is 16.6. The number of nitrogens with zero attached hydrogens (tertiary/aromatic N) is 2. The van der Waals surface area contributed by atoms with Gasteiger partial charge in [-0.2, -0.15) is 0 Å². The molecule has 1 N–H and O–H groups in total. The van der Waals surface area contributed by atoms with Crippen molar-refractivity contribution in [2.75, 3.05) is 28.3 Å². The summed E-state index contributed by atoms with van der Waals surface area (Å²) in [7, 11) is -3.23. The average Bonchev–Trinajstić information content (AvgIpc) is 3.40. The van der Waals surface area contributed by atoms with Gasteiger partial charge in [0.2, 0.25) is 5.91 Å². The summed E-state index contributed by atoms with van der Waals surface area (Å²) < 4.78 is 24.1. The Bertz CT molecular complexity index is 1420. The van der Waals surface area contributed by atoms with Crippen LogP contribution >= 0.6 is 35.6 Å². The highest BCUT2D eigenvalue weighted by molar-refractivity contribution is 8.26. The molecule has 8 nitrogen and oxygen atoms in total. The van der Waals surface area contributed by atoms with Gasteiger partial charge in [-0.15, -0.1) is 0 Å². The summed E-state index contributed by atoms with van der Waals surface area (Å²) >= 11 is 12.3. The molecule has 0 unspecified atom stereocenters. The zero-order valence-corrected chi connectivity index (χ0v) is 21.3. The molecule has 5 rings (SSSR count). The van der Waals surface area contributed by atoms with Crippen molar-refractivity contribution in [3.05, 3.63) is 64.0 Å². The van der Waals surface area contributed by atoms with Gasteiger partial charge < -0.3 is 5.32 Å². The molecule has 0 aromatic heterocycles. The Kier molecular flexibility index (Phi) is 6.20. The average molecular weight is 548 g/mol. The number of carbonyl (C=O) groups excluding carboxylic acids is 3. The maximum atomic E-state index is 13.5. The summed E-state index contributed by atoms with van der Waals surface area (Å²) in [5, 5.41) is 3.27. The van der Waals surface area contributed by atoms with Gasteiger partial charge >= 0.3 is 0 Å². The number of amides is 3. The summed E-state index contributed by atoms with van der Waals surface area (Å²) in [6.07, 6.45) is 0.304. The normalized spacial score (nSPS) is 23.2. The smallest absolute Gasteiger partial charge is 0.267 e. The third kappa shape index (κ3) is 4.49. The van der Waals surface area contributed by atoms with Crippen LogP contribution in [0.25, 0.3) is 5.57 Å². The Hall–Kier alpha value is -2.73. The number of rotatable bonds is 4. The number of hydrogen-bond acceptors (Lipinski definition) is 7. The molecule has 1 atom stereocenters. The van der Waals surface area contributed by atoms with Crippen LogP contribution in [0.5, 0.6) is 0 Å². The molecule has 0 saturated carbocycles. The predicted octanol–water partition coefficient (Wildman–Crippen LogP) is 3.08. The SMILES string of the molecule is O=C(CN1C(=O)/C(=C2\SC(=S)N([C@@H]3CCS(=O)(=O)C3)C2=O)c2ccccc21)Nc1ccc(Cl)cc1. The van der Waals surface area contributed by atoms with Crippen LogP contribution in [0.1, 0.15) is 12.0 Å². The van der Waals surface area contributed by atoms with Crippen molar-refractivity contribution < 1.29 is 22.8 Å². The molecule has 35 heavy (non-hydrogen) atoms. The number of fused-ring (bicyclic) bond motifs is 1. The molecule has 2 saturated heterocycles. The molecule has 2 aromatic carbocycles. The molecule has 3 amide bonds. The van der Waals surface area contributed by atoms with E-state index in [1.807, 2.05) is 0 Å². The van der Waals surface area contributed by atoms with Crippen molar-refractivity contribution in [2.24, 2.45) is 0 Å². The second-order valence-corrected chi connectivity index (χ2v) is 12.6. The van der Waals surface area contributed by atoms with Crippen LogP contribution in [0.15, 0.2) is 53.4 Å². The van der Waals surface area contributed by atoms with E-state index in [1.54, 1.807) is 48.5 Å². The molecule has 0 bridgehead atoms. The van der Waals surface area contributed by atoms with Crippen molar-refractivity contribution in [2.45, 2.75) is 12.5 Å². The first-order valence-corrected chi connectivity index (χ1v) is 14.0. The number of halogens is 1. The highest BCUT2D eigenvalue weighted by Gasteiger charge is 2.46. The van der Waals surface area contributed by atoms with E-state index in [1.165, 1.54) is 9.80 Å². The Labute approximate surface area is 216 Å². The molecule has 2 fully saturated rings. The second-order valence-electron chi connectivity index (χ2n) is 8.27. The van der Waals surface area contributed by atoms with Gasteiger partial charge in [-0.05, 0) is 36.8 Å². The zero-order valence-electron chi connectivity index (χ0n) is 18.1. The number of nitrogens with one attached hydrogen (secondary N) is 1. The Morgan fingerprint density at radius 3 is 2.51 bits per heavy atom. The highest BCUT2D eigenvalue weighted by Crippen LogP contribution is 2.45. The lowest BCUT2D eigenvalue weighted by atomic mass is 10.1. The quantitative estimate of drug-likeness (QED) is 0.463. The van der Waals surface area contributed by atoms with Gasteiger partial charge in [0.25, 0.3) is 11.8 Å². The van der Waals surface area contributed by atoms with Crippen LogP contribution in [0.2, 0.25) is 5.02 Å². The first kappa shape index (κ1) is 24.0. The molecule has 2 aromatic rings. The van der Waals surface area contributed by atoms with Crippen molar-refractivity contribution >= 4 is 84.4 Å². The minimum absolute atomic E-state index is 0.00109. The van der Waals surface area contributed by atoms with E-state index in [9.17, 15) is 22.8 Å². The largest absolute Gasteiger partial charge is 0.325 e. The summed E-state index contributed by atoms with van der Waals surface area (Å²) in [5.41, 5.74) is 1.73. The minimum Gasteiger partial charge on any atom is -0.325 e. The number of sulfone groups is 1. The molecular weight excluding hydrogens is 530 g/mol. The molecule has 3 aliphatic heterocycles. The van der Waals surface area contributed by atoms with Gasteiger partial charge in [0.15, 0.2) is 9.84 Å². The lowest BCUT2D eigenvalue weighted by molar-refractivity contribution is -0.123. The first-order valence-electron chi connectivity index (χ1n) is 10.6. The van der Waals surface area contributed by atoms with Crippen LogP contribution in [0, 0.1) is 0 Å². The number of thioether (sulfide) groups is 1. The number of hydrogen-bond donors (Lipinski definition) is 1. The van der Waals surface area contributed by atoms with E-state index < -0.39 is 33.6 Å². The standard InChI is InChI=1S/C23H18ClN3O5S3/c24-13-5-7-14(8-6-13)25-18(28)11-26-17-4-2-1-3-16(17)19(21(26)29)20-22(30)27(23(33)34-20)15-9-10-35(31,32)12-15/h1-8,15H,9-12H2,(H,25,28)/b20-19-/t15-/m1/s1. The van der Waals surface area contributed by atoms with Gasteiger partial charge in [0.05, 0.1) is 33.7 Å². The number of thiocarbonyl (C=S) groups is 1. The van der Waals surface area contributed by atoms with E-state index >= 15 is 0 Å². The van der Waals surface area contributed by atoms with Gasteiger partial charge in [-0.25, -0.2) is 8.42 Å². The zero-order chi connectivity index (χ0) is 24.9. The molecule has 3 aliphatic rings. The van der Waals surface area contributed by atoms with Gasteiger partial charge in [0.1, 0.15) is 10.9 Å². The molecule has 0 aliphatic carbocycles. The summed E-state index contributed by atoms with van der Waals surface area (Å²) in [6, 6.07) is 13.0.